The number of hydrogen-bond donors (Lipinski definition) is 2. The molecule has 2 aromatic heterocycles. The number of rotatable bonds is 5. The van der Waals surface area contributed by atoms with Crippen molar-refractivity contribution in [1.29, 1.82) is 0 Å². The number of methoxy groups -OCH3 is 2. The molecule has 1 aliphatic heterocycles. The Morgan fingerprint density at radius 3 is 2.46 bits per heavy atom. The number of nitrogens with zero attached hydrogens (tertiary/aromatic N) is 6. The van der Waals surface area contributed by atoms with E-state index in [4.69, 9.17) is 31.8 Å². The maximum absolute atomic E-state index is 13.0. The Labute approximate surface area is 218 Å². The van der Waals surface area contributed by atoms with Crippen LogP contribution in [0.25, 0.3) is 22.4 Å². The number of hydrogen-bond acceptors (Lipinski definition) is 9. The molecule has 1 aliphatic rings. The minimum atomic E-state index is -0.233. The predicted molar refractivity (Wildman–Crippen MR) is 142 cm³/mol. The van der Waals surface area contributed by atoms with Crippen LogP contribution in [-0.2, 0) is 0 Å². The SMILES string of the molecule is COc1ccc(OC)c(NC(=O)N2CCN(c3nc(N)nc4ncc(-c5ccc(Cl)cc5)nc34)CC2)c1. The largest absolute Gasteiger partial charge is 0.497 e. The minimum Gasteiger partial charge on any atom is -0.497 e. The van der Waals surface area contributed by atoms with E-state index in [1.54, 1.807) is 55.6 Å². The van der Waals surface area contributed by atoms with Crippen LogP contribution >= 0.6 is 11.6 Å². The van der Waals surface area contributed by atoms with Crippen molar-refractivity contribution >= 4 is 46.2 Å². The molecule has 4 aromatic rings. The lowest BCUT2D eigenvalue weighted by Crippen LogP contribution is -2.50. The molecule has 0 aliphatic carbocycles. The summed E-state index contributed by atoms with van der Waals surface area (Å²) in [5, 5.41) is 3.55. The highest BCUT2D eigenvalue weighted by Crippen LogP contribution is 2.30. The number of anilines is 3. The molecule has 0 unspecified atom stereocenters. The normalized spacial score (nSPS) is 13.5. The van der Waals surface area contributed by atoms with Gasteiger partial charge in [0.15, 0.2) is 17.0 Å². The number of nitrogens with two attached hydrogens (primary N) is 1. The molecule has 12 heteroatoms. The summed E-state index contributed by atoms with van der Waals surface area (Å²) in [5.41, 5.74) is 9.01. The number of carbonyl (C=O) groups is 1. The number of fused-ring (bicyclic) bond motifs is 1. The van der Waals surface area contributed by atoms with Crippen molar-refractivity contribution in [3.05, 3.63) is 53.7 Å². The van der Waals surface area contributed by atoms with Gasteiger partial charge in [-0.05, 0) is 24.3 Å². The molecule has 0 spiro atoms. The van der Waals surface area contributed by atoms with Gasteiger partial charge in [-0.15, -0.1) is 0 Å². The van der Waals surface area contributed by atoms with Crippen molar-refractivity contribution in [2.45, 2.75) is 0 Å². The van der Waals surface area contributed by atoms with Crippen LogP contribution in [0.5, 0.6) is 11.5 Å². The quantitative estimate of drug-likeness (QED) is 0.404. The number of urea groups is 1. The van der Waals surface area contributed by atoms with E-state index in [0.29, 0.717) is 71.1 Å². The Hall–Kier alpha value is -4.38. The van der Waals surface area contributed by atoms with Crippen LogP contribution in [0, 0.1) is 0 Å². The average Bonchev–Trinajstić information content (AvgIpc) is 2.92. The van der Waals surface area contributed by atoms with Crippen LogP contribution in [0.4, 0.5) is 22.2 Å². The van der Waals surface area contributed by atoms with Crippen LogP contribution in [-0.4, -0.2) is 71.3 Å². The first-order valence-electron chi connectivity index (χ1n) is 11.5. The summed E-state index contributed by atoms with van der Waals surface area (Å²) in [6.07, 6.45) is 1.65. The molecule has 0 bridgehead atoms. The molecule has 0 atom stereocenters. The molecule has 0 radical (unpaired) electrons. The van der Waals surface area contributed by atoms with Gasteiger partial charge in [-0.2, -0.15) is 9.97 Å². The smallest absolute Gasteiger partial charge is 0.322 e. The number of carbonyl (C=O) groups excluding carboxylic acids is 1. The molecule has 2 aromatic carbocycles. The lowest BCUT2D eigenvalue weighted by atomic mass is 10.1. The van der Waals surface area contributed by atoms with Gasteiger partial charge in [0.2, 0.25) is 5.95 Å². The van der Waals surface area contributed by atoms with E-state index in [2.05, 4.69) is 20.3 Å². The Morgan fingerprint density at radius 2 is 1.76 bits per heavy atom. The summed E-state index contributed by atoms with van der Waals surface area (Å²) >= 11 is 6.03. The number of nitrogens with one attached hydrogen (secondary N) is 1. The van der Waals surface area contributed by atoms with Crippen molar-refractivity contribution < 1.29 is 14.3 Å². The molecular formula is C25H25ClN8O3. The molecule has 5 rings (SSSR count). The van der Waals surface area contributed by atoms with Crippen molar-refractivity contribution in [1.82, 2.24) is 24.8 Å². The summed E-state index contributed by atoms with van der Waals surface area (Å²) < 4.78 is 10.6. The first kappa shape index (κ1) is 24.3. The monoisotopic (exact) mass is 520 g/mol. The zero-order valence-corrected chi connectivity index (χ0v) is 21.1. The number of amides is 2. The molecule has 37 heavy (non-hydrogen) atoms. The fourth-order valence-corrected chi connectivity index (χ4v) is 4.24. The topological polar surface area (TPSA) is 132 Å². The van der Waals surface area contributed by atoms with Crippen LogP contribution in [0.3, 0.4) is 0 Å². The highest BCUT2D eigenvalue weighted by atomic mass is 35.5. The molecular weight excluding hydrogens is 496 g/mol. The van der Waals surface area contributed by atoms with Crippen LogP contribution in [0.1, 0.15) is 0 Å². The third-order valence-corrected chi connectivity index (χ3v) is 6.31. The van der Waals surface area contributed by atoms with Gasteiger partial charge in [-0.25, -0.2) is 14.8 Å². The van der Waals surface area contributed by atoms with E-state index in [1.807, 2.05) is 17.0 Å². The number of aromatic nitrogens is 4. The summed E-state index contributed by atoms with van der Waals surface area (Å²) in [4.78, 5) is 34.7. The van der Waals surface area contributed by atoms with Gasteiger partial charge < -0.3 is 30.3 Å². The molecule has 1 saturated heterocycles. The minimum absolute atomic E-state index is 0.112. The van der Waals surface area contributed by atoms with Gasteiger partial charge in [0, 0.05) is 42.8 Å². The van der Waals surface area contributed by atoms with E-state index in [9.17, 15) is 4.79 Å². The Morgan fingerprint density at radius 1 is 1.00 bits per heavy atom. The Bertz CT molecular complexity index is 1440. The predicted octanol–water partition coefficient (Wildman–Crippen LogP) is 3.69. The number of ether oxygens (including phenoxy) is 2. The Kier molecular flexibility index (Phi) is 6.78. The maximum Gasteiger partial charge on any atom is 0.322 e. The van der Waals surface area contributed by atoms with Gasteiger partial charge in [0.1, 0.15) is 11.5 Å². The fourth-order valence-electron chi connectivity index (χ4n) is 4.12. The van der Waals surface area contributed by atoms with Gasteiger partial charge in [0.05, 0.1) is 31.8 Å². The first-order valence-corrected chi connectivity index (χ1v) is 11.9. The molecule has 3 N–H and O–H groups in total. The van der Waals surface area contributed by atoms with Crippen LogP contribution in [0.2, 0.25) is 5.02 Å². The number of benzene rings is 2. The number of nitrogen functional groups attached to an aromatic ring is 1. The average molecular weight is 521 g/mol. The van der Waals surface area contributed by atoms with Crippen molar-refractivity contribution in [2.75, 3.05) is 56.3 Å². The van der Waals surface area contributed by atoms with E-state index >= 15 is 0 Å². The van der Waals surface area contributed by atoms with Gasteiger partial charge in [0.25, 0.3) is 0 Å². The second-order valence-corrected chi connectivity index (χ2v) is 8.75. The second kappa shape index (κ2) is 10.3. The standard InChI is InChI=1S/C25H25ClN8O3/c1-36-17-7-8-20(37-2)18(13-17)30-25(35)34-11-9-33(10-12-34)23-21-22(31-24(27)32-23)28-14-19(29-21)15-3-5-16(26)6-4-15/h3-8,13-14H,9-12H2,1-2H3,(H,30,35)(H2,27,28,31,32). The highest BCUT2D eigenvalue weighted by molar-refractivity contribution is 6.30. The van der Waals surface area contributed by atoms with Crippen LogP contribution < -0.4 is 25.4 Å². The molecule has 0 saturated carbocycles. The van der Waals surface area contributed by atoms with Gasteiger partial charge >= 0.3 is 6.03 Å². The molecule has 2 amide bonds. The Balaban J connectivity index is 1.34. The van der Waals surface area contributed by atoms with E-state index in [0.717, 1.165) is 5.56 Å². The first-order chi connectivity index (χ1) is 17.9. The maximum atomic E-state index is 13.0. The summed E-state index contributed by atoms with van der Waals surface area (Å²) in [7, 11) is 3.12. The summed E-state index contributed by atoms with van der Waals surface area (Å²) in [5.74, 6) is 1.86. The van der Waals surface area contributed by atoms with Crippen molar-refractivity contribution in [3.8, 4) is 22.8 Å². The molecule has 1 fully saturated rings. The molecule has 190 valence electrons. The van der Waals surface area contributed by atoms with Crippen molar-refractivity contribution in [2.24, 2.45) is 0 Å². The third kappa shape index (κ3) is 5.12. The lowest BCUT2D eigenvalue weighted by Gasteiger charge is -2.35. The van der Waals surface area contributed by atoms with Gasteiger partial charge in [-0.3, -0.25) is 0 Å². The van der Waals surface area contributed by atoms with E-state index in [-0.39, 0.29) is 12.0 Å². The molecule has 11 nitrogen and oxygen atoms in total. The van der Waals surface area contributed by atoms with Crippen molar-refractivity contribution in [3.63, 3.8) is 0 Å². The third-order valence-electron chi connectivity index (χ3n) is 6.06. The number of piperazine rings is 1. The molecule has 3 heterocycles. The van der Waals surface area contributed by atoms with Gasteiger partial charge in [-0.1, -0.05) is 23.7 Å². The zero-order valence-electron chi connectivity index (χ0n) is 20.3. The van der Waals surface area contributed by atoms with E-state index < -0.39 is 0 Å². The highest BCUT2D eigenvalue weighted by Gasteiger charge is 2.25. The second-order valence-electron chi connectivity index (χ2n) is 8.31. The summed E-state index contributed by atoms with van der Waals surface area (Å²) in [6.45, 7) is 1.99. The lowest BCUT2D eigenvalue weighted by molar-refractivity contribution is 0.208. The fraction of sp³-hybridized carbons (Fsp3) is 0.240. The number of halogens is 1. The zero-order chi connectivity index (χ0) is 25.9. The van der Waals surface area contributed by atoms with Crippen LogP contribution in [0.15, 0.2) is 48.7 Å². The summed E-state index contributed by atoms with van der Waals surface area (Å²) in [6, 6.07) is 12.4. The van der Waals surface area contributed by atoms with E-state index in [1.165, 1.54) is 0 Å².